The molecule has 1 amide bonds. The van der Waals surface area contributed by atoms with Crippen LogP contribution in [0.5, 0.6) is 0 Å². The topological polar surface area (TPSA) is 55.1 Å². The number of rotatable bonds is 4. The Morgan fingerprint density at radius 2 is 2.00 bits per heavy atom. The van der Waals surface area contributed by atoms with Gasteiger partial charge in [-0.25, -0.2) is 0 Å². The fourth-order valence-corrected chi connectivity index (χ4v) is 1.25. The quantitative estimate of drug-likeness (QED) is 0.772. The Labute approximate surface area is 90.7 Å². The van der Waals surface area contributed by atoms with Gasteiger partial charge in [-0.05, 0) is 25.8 Å². The van der Waals surface area contributed by atoms with Gasteiger partial charge in [0, 0.05) is 6.54 Å². The van der Waals surface area contributed by atoms with Crippen molar-refractivity contribution < 1.29 is 4.79 Å². The monoisotopic (exact) mass is 206 g/mol. The van der Waals surface area contributed by atoms with E-state index in [1.165, 1.54) is 11.1 Å². The van der Waals surface area contributed by atoms with Crippen molar-refractivity contribution in [1.29, 1.82) is 0 Å². The highest BCUT2D eigenvalue weighted by Crippen LogP contribution is 2.02. The molecule has 3 nitrogen and oxygen atoms in total. The maximum Gasteiger partial charge on any atom is 0.236 e. The van der Waals surface area contributed by atoms with Crippen molar-refractivity contribution in [2.24, 2.45) is 5.73 Å². The molecule has 0 aliphatic rings. The van der Waals surface area contributed by atoms with E-state index in [1.54, 1.807) is 6.92 Å². The van der Waals surface area contributed by atoms with E-state index in [0.717, 1.165) is 6.42 Å². The molecule has 0 spiro atoms. The zero-order valence-electron chi connectivity index (χ0n) is 9.29. The number of carbonyl (C=O) groups excluding carboxylic acids is 1. The van der Waals surface area contributed by atoms with Gasteiger partial charge in [0.1, 0.15) is 0 Å². The second-order valence-corrected chi connectivity index (χ2v) is 3.82. The lowest BCUT2D eigenvalue weighted by molar-refractivity contribution is -0.121. The molecule has 0 fully saturated rings. The van der Waals surface area contributed by atoms with E-state index in [1.807, 2.05) is 0 Å². The molecular formula is C12H18N2O. The molecule has 0 radical (unpaired) electrons. The van der Waals surface area contributed by atoms with Gasteiger partial charge in [0.05, 0.1) is 6.04 Å². The third-order valence-electron chi connectivity index (χ3n) is 2.25. The van der Waals surface area contributed by atoms with E-state index in [4.69, 9.17) is 5.73 Å². The summed E-state index contributed by atoms with van der Waals surface area (Å²) in [6.45, 7) is 4.38. The standard InChI is InChI=1S/C12H18N2O/c1-9-3-5-11(6-4-9)7-8-14-12(15)10(2)13/h3-6,10H,7-8,13H2,1-2H3,(H,14,15)/t10-/m1/s1. The van der Waals surface area contributed by atoms with Gasteiger partial charge in [0.25, 0.3) is 0 Å². The average Bonchev–Trinajstić information content (AvgIpc) is 2.20. The van der Waals surface area contributed by atoms with E-state index in [0.29, 0.717) is 6.54 Å². The Balaban J connectivity index is 2.32. The molecule has 0 heterocycles. The van der Waals surface area contributed by atoms with E-state index in [2.05, 4.69) is 36.5 Å². The lowest BCUT2D eigenvalue weighted by Crippen LogP contribution is -2.39. The van der Waals surface area contributed by atoms with Gasteiger partial charge in [0.2, 0.25) is 5.91 Å². The lowest BCUT2D eigenvalue weighted by Gasteiger charge is -2.07. The van der Waals surface area contributed by atoms with Crippen molar-refractivity contribution in [1.82, 2.24) is 5.32 Å². The van der Waals surface area contributed by atoms with Gasteiger partial charge >= 0.3 is 0 Å². The molecule has 0 saturated carbocycles. The van der Waals surface area contributed by atoms with Gasteiger partial charge < -0.3 is 11.1 Å². The maximum absolute atomic E-state index is 11.2. The summed E-state index contributed by atoms with van der Waals surface area (Å²) in [7, 11) is 0. The molecule has 0 saturated heterocycles. The number of aryl methyl sites for hydroxylation is 1. The molecule has 0 unspecified atom stereocenters. The largest absolute Gasteiger partial charge is 0.354 e. The van der Waals surface area contributed by atoms with Crippen LogP contribution in [0.2, 0.25) is 0 Å². The third-order valence-corrected chi connectivity index (χ3v) is 2.25. The summed E-state index contributed by atoms with van der Waals surface area (Å²) in [4.78, 5) is 11.2. The van der Waals surface area contributed by atoms with Crippen LogP contribution in [0.25, 0.3) is 0 Å². The summed E-state index contributed by atoms with van der Waals surface area (Å²) in [5.41, 5.74) is 7.90. The number of benzene rings is 1. The first-order valence-electron chi connectivity index (χ1n) is 5.18. The molecule has 15 heavy (non-hydrogen) atoms. The van der Waals surface area contributed by atoms with E-state index >= 15 is 0 Å². The Bertz CT molecular complexity index is 317. The molecule has 1 aromatic carbocycles. The summed E-state index contributed by atoms with van der Waals surface area (Å²) < 4.78 is 0. The minimum absolute atomic E-state index is 0.0953. The van der Waals surface area contributed by atoms with Crippen LogP contribution in [-0.2, 0) is 11.2 Å². The Kier molecular flexibility index (Phi) is 4.31. The molecule has 1 atom stereocenters. The predicted molar refractivity (Wildman–Crippen MR) is 61.5 cm³/mol. The fraction of sp³-hybridized carbons (Fsp3) is 0.417. The normalized spacial score (nSPS) is 12.2. The molecular weight excluding hydrogens is 188 g/mol. The number of hydrogen-bond donors (Lipinski definition) is 2. The molecule has 0 aromatic heterocycles. The van der Waals surface area contributed by atoms with Crippen LogP contribution < -0.4 is 11.1 Å². The highest BCUT2D eigenvalue weighted by molar-refractivity contribution is 5.80. The van der Waals surface area contributed by atoms with Crippen molar-refractivity contribution in [2.45, 2.75) is 26.3 Å². The Morgan fingerprint density at radius 3 is 2.53 bits per heavy atom. The zero-order chi connectivity index (χ0) is 11.3. The molecule has 3 heteroatoms. The van der Waals surface area contributed by atoms with E-state index < -0.39 is 6.04 Å². The van der Waals surface area contributed by atoms with Crippen molar-refractivity contribution in [3.8, 4) is 0 Å². The Hall–Kier alpha value is -1.35. The van der Waals surface area contributed by atoms with E-state index in [-0.39, 0.29) is 5.91 Å². The van der Waals surface area contributed by atoms with Crippen LogP contribution >= 0.6 is 0 Å². The summed E-state index contributed by atoms with van der Waals surface area (Å²) in [6.07, 6.45) is 0.846. The molecule has 82 valence electrons. The second kappa shape index (κ2) is 5.51. The minimum Gasteiger partial charge on any atom is -0.354 e. The maximum atomic E-state index is 11.2. The van der Waals surface area contributed by atoms with Crippen LogP contribution in [0.3, 0.4) is 0 Å². The van der Waals surface area contributed by atoms with Gasteiger partial charge in [-0.1, -0.05) is 29.8 Å². The number of nitrogens with two attached hydrogens (primary N) is 1. The summed E-state index contributed by atoms with van der Waals surface area (Å²) in [5.74, 6) is -0.0953. The molecule has 1 rings (SSSR count). The first-order chi connectivity index (χ1) is 7.09. The van der Waals surface area contributed by atoms with Gasteiger partial charge in [-0.3, -0.25) is 4.79 Å². The number of amides is 1. The van der Waals surface area contributed by atoms with Crippen molar-refractivity contribution >= 4 is 5.91 Å². The molecule has 0 aliphatic carbocycles. The van der Waals surface area contributed by atoms with E-state index in [9.17, 15) is 4.79 Å². The predicted octanol–water partition coefficient (Wildman–Crippen LogP) is 1.00. The van der Waals surface area contributed by atoms with Gasteiger partial charge in [-0.2, -0.15) is 0 Å². The first-order valence-corrected chi connectivity index (χ1v) is 5.18. The highest BCUT2D eigenvalue weighted by atomic mass is 16.2. The van der Waals surface area contributed by atoms with Crippen molar-refractivity contribution in [2.75, 3.05) is 6.54 Å². The smallest absolute Gasteiger partial charge is 0.236 e. The van der Waals surface area contributed by atoms with Crippen molar-refractivity contribution in [3.63, 3.8) is 0 Å². The number of hydrogen-bond acceptors (Lipinski definition) is 2. The molecule has 0 bridgehead atoms. The lowest BCUT2D eigenvalue weighted by atomic mass is 10.1. The summed E-state index contributed by atoms with van der Waals surface area (Å²) in [5, 5.41) is 2.78. The van der Waals surface area contributed by atoms with Crippen LogP contribution in [0, 0.1) is 6.92 Å². The molecule has 3 N–H and O–H groups in total. The third kappa shape index (κ3) is 4.13. The van der Waals surface area contributed by atoms with Crippen LogP contribution in [0.4, 0.5) is 0 Å². The zero-order valence-corrected chi connectivity index (χ0v) is 9.29. The second-order valence-electron chi connectivity index (χ2n) is 3.82. The summed E-state index contributed by atoms with van der Waals surface area (Å²) in [6, 6.07) is 7.87. The minimum atomic E-state index is -0.428. The fourth-order valence-electron chi connectivity index (χ4n) is 1.25. The first kappa shape index (κ1) is 11.7. The SMILES string of the molecule is Cc1ccc(CCNC(=O)[C@@H](C)N)cc1. The Morgan fingerprint density at radius 1 is 1.40 bits per heavy atom. The number of carbonyl (C=O) groups is 1. The number of nitrogens with one attached hydrogen (secondary N) is 1. The van der Waals surface area contributed by atoms with Gasteiger partial charge in [0.15, 0.2) is 0 Å². The van der Waals surface area contributed by atoms with Gasteiger partial charge in [-0.15, -0.1) is 0 Å². The summed E-state index contributed by atoms with van der Waals surface area (Å²) >= 11 is 0. The molecule has 0 aliphatic heterocycles. The van der Waals surface area contributed by atoms with Crippen LogP contribution in [0.15, 0.2) is 24.3 Å². The average molecular weight is 206 g/mol. The van der Waals surface area contributed by atoms with Crippen LogP contribution in [-0.4, -0.2) is 18.5 Å². The van der Waals surface area contributed by atoms with Crippen molar-refractivity contribution in [3.05, 3.63) is 35.4 Å². The van der Waals surface area contributed by atoms with Crippen LogP contribution in [0.1, 0.15) is 18.1 Å². The highest BCUT2D eigenvalue weighted by Gasteiger charge is 2.05. The molecule has 1 aromatic rings.